The van der Waals surface area contributed by atoms with E-state index in [0.717, 1.165) is 22.0 Å². The summed E-state index contributed by atoms with van der Waals surface area (Å²) in [4.78, 5) is 25.2. The number of carbonyl (C=O) groups excluding carboxylic acids is 1. The highest BCUT2D eigenvalue weighted by Gasteiger charge is 2.15. The SMILES string of the molecule is COC[C@@H](C)NC(=O)c1cc(-c2ccncc2)c2cnccc2n1. The maximum atomic E-state index is 12.5. The average Bonchev–Trinajstić information content (AvgIpc) is 2.61. The number of pyridine rings is 3. The summed E-state index contributed by atoms with van der Waals surface area (Å²) in [7, 11) is 1.60. The summed E-state index contributed by atoms with van der Waals surface area (Å²) in [5, 5.41) is 3.78. The van der Waals surface area contributed by atoms with Crippen LogP contribution in [0.2, 0.25) is 0 Å². The Bertz CT molecular complexity index is 852. The number of nitrogens with one attached hydrogen (secondary N) is 1. The molecule has 1 N–H and O–H groups in total. The zero-order valence-corrected chi connectivity index (χ0v) is 13.6. The fourth-order valence-electron chi connectivity index (χ4n) is 2.54. The van der Waals surface area contributed by atoms with Gasteiger partial charge in [0.25, 0.3) is 5.91 Å². The summed E-state index contributed by atoms with van der Waals surface area (Å²) < 4.78 is 5.05. The van der Waals surface area contributed by atoms with E-state index >= 15 is 0 Å². The fourth-order valence-corrected chi connectivity index (χ4v) is 2.54. The van der Waals surface area contributed by atoms with Gasteiger partial charge in [0, 0.05) is 43.3 Å². The van der Waals surface area contributed by atoms with E-state index in [2.05, 4.69) is 20.3 Å². The number of hydrogen-bond acceptors (Lipinski definition) is 5. The van der Waals surface area contributed by atoms with Crippen LogP contribution in [0.1, 0.15) is 17.4 Å². The topological polar surface area (TPSA) is 77.0 Å². The van der Waals surface area contributed by atoms with Crippen molar-refractivity contribution in [3.8, 4) is 11.1 Å². The predicted octanol–water partition coefficient (Wildman–Crippen LogP) is 2.46. The van der Waals surface area contributed by atoms with E-state index < -0.39 is 0 Å². The van der Waals surface area contributed by atoms with Crippen LogP contribution in [0.5, 0.6) is 0 Å². The van der Waals surface area contributed by atoms with Crippen molar-refractivity contribution in [3.63, 3.8) is 0 Å². The lowest BCUT2D eigenvalue weighted by Crippen LogP contribution is -2.36. The van der Waals surface area contributed by atoms with Gasteiger partial charge in [0.2, 0.25) is 0 Å². The zero-order valence-electron chi connectivity index (χ0n) is 13.6. The first kappa shape index (κ1) is 16.0. The number of fused-ring (bicyclic) bond motifs is 1. The second-order valence-electron chi connectivity index (χ2n) is 5.51. The van der Waals surface area contributed by atoms with Crippen LogP contribution in [0.25, 0.3) is 22.0 Å². The predicted molar refractivity (Wildman–Crippen MR) is 91.6 cm³/mol. The summed E-state index contributed by atoms with van der Waals surface area (Å²) in [6.07, 6.45) is 6.87. The van der Waals surface area contributed by atoms with Crippen molar-refractivity contribution in [2.45, 2.75) is 13.0 Å². The van der Waals surface area contributed by atoms with Crippen molar-refractivity contribution in [3.05, 3.63) is 54.7 Å². The normalized spacial score (nSPS) is 12.1. The molecule has 0 spiro atoms. The molecule has 0 saturated heterocycles. The van der Waals surface area contributed by atoms with Crippen molar-refractivity contribution in [2.24, 2.45) is 0 Å². The van der Waals surface area contributed by atoms with Gasteiger partial charge in [-0.15, -0.1) is 0 Å². The lowest BCUT2D eigenvalue weighted by Gasteiger charge is -2.14. The molecule has 24 heavy (non-hydrogen) atoms. The third-order valence-electron chi connectivity index (χ3n) is 3.63. The highest BCUT2D eigenvalue weighted by Crippen LogP contribution is 2.27. The third kappa shape index (κ3) is 3.38. The second kappa shape index (κ2) is 7.14. The molecule has 3 rings (SSSR count). The Kier molecular flexibility index (Phi) is 4.77. The Morgan fingerprint density at radius 2 is 1.96 bits per heavy atom. The third-order valence-corrected chi connectivity index (χ3v) is 3.63. The highest BCUT2D eigenvalue weighted by molar-refractivity contribution is 6.01. The van der Waals surface area contributed by atoms with Crippen molar-refractivity contribution in [1.82, 2.24) is 20.3 Å². The Morgan fingerprint density at radius 1 is 1.21 bits per heavy atom. The molecule has 0 bridgehead atoms. The van der Waals surface area contributed by atoms with Gasteiger partial charge in [-0.25, -0.2) is 4.98 Å². The summed E-state index contributed by atoms with van der Waals surface area (Å²) >= 11 is 0. The van der Waals surface area contributed by atoms with E-state index in [4.69, 9.17) is 4.74 Å². The number of hydrogen-bond donors (Lipinski definition) is 1. The molecule has 122 valence electrons. The van der Waals surface area contributed by atoms with Gasteiger partial charge in [0.15, 0.2) is 0 Å². The molecule has 0 unspecified atom stereocenters. The van der Waals surface area contributed by atoms with Gasteiger partial charge in [-0.05, 0) is 42.3 Å². The van der Waals surface area contributed by atoms with E-state index in [0.29, 0.717) is 12.3 Å². The van der Waals surface area contributed by atoms with Crippen LogP contribution in [0.15, 0.2) is 49.1 Å². The first-order valence-corrected chi connectivity index (χ1v) is 7.64. The number of rotatable bonds is 5. The van der Waals surface area contributed by atoms with Crippen molar-refractivity contribution in [1.29, 1.82) is 0 Å². The quantitative estimate of drug-likeness (QED) is 0.781. The van der Waals surface area contributed by atoms with Gasteiger partial charge >= 0.3 is 0 Å². The van der Waals surface area contributed by atoms with E-state index in [9.17, 15) is 4.79 Å². The van der Waals surface area contributed by atoms with E-state index in [-0.39, 0.29) is 11.9 Å². The number of aromatic nitrogens is 3. The highest BCUT2D eigenvalue weighted by atomic mass is 16.5. The van der Waals surface area contributed by atoms with Gasteiger partial charge in [-0.2, -0.15) is 0 Å². The Morgan fingerprint density at radius 3 is 2.71 bits per heavy atom. The van der Waals surface area contributed by atoms with Gasteiger partial charge in [0.05, 0.1) is 12.1 Å². The Hall–Kier alpha value is -2.86. The molecule has 0 saturated carbocycles. The fraction of sp³-hybridized carbons (Fsp3) is 0.222. The lowest BCUT2D eigenvalue weighted by molar-refractivity contribution is 0.0901. The number of carbonyl (C=O) groups is 1. The van der Waals surface area contributed by atoms with Gasteiger partial charge in [0.1, 0.15) is 5.69 Å². The standard InChI is InChI=1S/C18H18N4O2/c1-12(11-24-2)21-18(23)17-9-14(13-3-6-19-7-4-13)15-10-20-8-5-16(15)22-17/h3-10,12H,11H2,1-2H3,(H,21,23)/t12-/m1/s1. The molecule has 3 aromatic heterocycles. The first-order valence-electron chi connectivity index (χ1n) is 7.64. The monoisotopic (exact) mass is 322 g/mol. The van der Waals surface area contributed by atoms with Crippen LogP contribution < -0.4 is 5.32 Å². The molecule has 0 fully saturated rings. The van der Waals surface area contributed by atoms with Gasteiger partial charge in [-0.1, -0.05) is 0 Å². The molecule has 6 heteroatoms. The van der Waals surface area contributed by atoms with Crippen molar-refractivity contribution >= 4 is 16.8 Å². The zero-order chi connectivity index (χ0) is 16.9. The molecular weight excluding hydrogens is 304 g/mol. The number of methoxy groups -OCH3 is 1. The minimum Gasteiger partial charge on any atom is -0.383 e. The molecule has 3 aromatic rings. The van der Waals surface area contributed by atoms with Crippen LogP contribution in [-0.2, 0) is 4.74 Å². The Labute approximate surface area is 139 Å². The maximum absolute atomic E-state index is 12.5. The summed E-state index contributed by atoms with van der Waals surface area (Å²) in [6, 6.07) is 7.29. The molecule has 1 amide bonds. The van der Waals surface area contributed by atoms with Crippen LogP contribution in [0.3, 0.4) is 0 Å². The summed E-state index contributed by atoms with van der Waals surface area (Å²) in [5.41, 5.74) is 2.96. The molecule has 0 aliphatic rings. The van der Waals surface area contributed by atoms with E-state index in [1.807, 2.05) is 19.1 Å². The molecule has 3 heterocycles. The molecular formula is C18H18N4O2. The maximum Gasteiger partial charge on any atom is 0.270 e. The second-order valence-corrected chi connectivity index (χ2v) is 5.51. The Balaban J connectivity index is 2.06. The van der Waals surface area contributed by atoms with Crippen LogP contribution in [0.4, 0.5) is 0 Å². The first-order chi connectivity index (χ1) is 11.7. The van der Waals surface area contributed by atoms with Crippen molar-refractivity contribution < 1.29 is 9.53 Å². The van der Waals surface area contributed by atoms with E-state index in [1.54, 1.807) is 44.0 Å². The van der Waals surface area contributed by atoms with Crippen LogP contribution in [0, 0.1) is 0 Å². The minimum absolute atomic E-state index is 0.0955. The van der Waals surface area contributed by atoms with E-state index in [1.165, 1.54) is 0 Å². The molecule has 0 aromatic carbocycles. The molecule has 0 radical (unpaired) electrons. The number of nitrogens with zero attached hydrogens (tertiary/aromatic N) is 3. The summed E-state index contributed by atoms with van der Waals surface area (Å²) in [6.45, 7) is 2.33. The van der Waals surface area contributed by atoms with Crippen molar-refractivity contribution in [2.75, 3.05) is 13.7 Å². The van der Waals surface area contributed by atoms with Gasteiger partial charge < -0.3 is 10.1 Å². The molecule has 0 aliphatic heterocycles. The molecule has 6 nitrogen and oxygen atoms in total. The smallest absolute Gasteiger partial charge is 0.270 e. The van der Waals surface area contributed by atoms with Crippen LogP contribution >= 0.6 is 0 Å². The molecule has 0 aliphatic carbocycles. The van der Waals surface area contributed by atoms with Crippen LogP contribution in [-0.4, -0.2) is 40.6 Å². The number of ether oxygens (including phenoxy) is 1. The largest absolute Gasteiger partial charge is 0.383 e. The number of amides is 1. The molecule has 1 atom stereocenters. The average molecular weight is 322 g/mol. The summed E-state index contributed by atoms with van der Waals surface area (Å²) in [5.74, 6) is -0.228. The van der Waals surface area contributed by atoms with Gasteiger partial charge in [-0.3, -0.25) is 14.8 Å². The lowest BCUT2D eigenvalue weighted by atomic mass is 10.0. The minimum atomic E-state index is -0.228.